The van der Waals surface area contributed by atoms with E-state index in [1.54, 1.807) is 0 Å². The van der Waals surface area contributed by atoms with Gasteiger partial charge >= 0.3 is 0 Å². The van der Waals surface area contributed by atoms with E-state index in [1.165, 1.54) is 28.8 Å². The van der Waals surface area contributed by atoms with Crippen molar-refractivity contribution >= 4 is 0 Å². The topological polar surface area (TPSA) is 24.9 Å². The number of rotatable bonds is 4. The summed E-state index contributed by atoms with van der Waals surface area (Å²) in [5.74, 6) is 0.493. The zero-order chi connectivity index (χ0) is 13.9. The Balaban J connectivity index is 1.96. The predicted octanol–water partition coefficient (Wildman–Crippen LogP) is 3.77. The second kappa shape index (κ2) is 5.76. The fraction of sp³-hybridized carbons (Fsp3) is 0.389. The van der Waals surface area contributed by atoms with Crippen molar-refractivity contribution in [3.8, 4) is 0 Å². The third kappa shape index (κ3) is 2.48. The highest BCUT2D eigenvalue weighted by Crippen LogP contribution is 2.40. The molecule has 1 aliphatic rings. The number of aryl methyl sites for hydroxylation is 2. The monoisotopic (exact) mass is 266 g/mol. The fourth-order valence-corrected chi connectivity index (χ4v) is 3.34. The number of nitrogens with one attached hydrogen (secondary N) is 1. The Bertz CT molecular complexity index is 591. The van der Waals surface area contributed by atoms with Gasteiger partial charge < -0.3 is 5.32 Å². The lowest BCUT2D eigenvalue weighted by Gasteiger charge is -2.25. The summed E-state index contributed by atoms with van der Waals surface area (Å²) in [6.45, 7) is 5.32. The van der Waals surface area contributed by atoms with Crippen LogP contribution in [0.3, 0.4) is 0 Å². The lowest BCUT2D eigenvalue weighted by atomic mass is 9.90. The summed E-state index contributed by atoms with van der Waals surface area (Å²) in [6, 6.07) is 13.5. The van der Waals surface area contributed by atoms with E-state index >= 15 is 0 Å². The Morgan fingerprint density at radius 1 is 1.30 bits per heavy atom. The maximum Gasteiger partial charge on any atom is 0.0485 e. The normalized spacial score (nSPS) is 18.8. The lowest BCUT2D eigenvalue weighted by Crippen LogP contribution is -2.26. The third-order valence-corrected chi connectivity index (χ3v) is 4.23. The van der Waals surface area contributed by atoms with Crippen LogP contribution in [0.2, 0.25) is 0 Å². The molecule has 1 aliphatic carbocycles. The maximum absolute atomic E-state index is 4.65. The number of hydrogen-bond donors (Lipinski definition) is 1. The van der Waals surface area contributed by atoms with Gasteiger partial charge in [-0.2, -0.15) is 0 Å². The average molecular weight is 266 g/mol. The highest BCUT2D eigenvalue weighted by atomic mass is 14.9. The quantitative estimate of drug-likeness (QED) is 0.911. The molecule has 20 heavy (non-hydrogen) atoms. The molecule has 2 aromatic rings. The van der Waals surface area contributed by atoms with Crippen molar-refractivity contribution in [1.82, 2.24) is 10.3 Å². The van der Waals surface area contributed by atoms with E-state index in [4.69, 9.17) is 0 Å². The van der Waals surface area contributed by atoms with E-state index in [1.807, 2.05) is 6.20 Å². The maximum atomic E-state index is 4.65. The number of pyridine rings is 1. The summed E-state index contributed by atoms with van der Waals surface area (Å²) in [5.41, 5.74) is 5.42. The van der Waals surface area contributed by atoms with Crippen LogP contribution < -0.4 is 5.32 Å². The zero-order valence-electron chi connectivity index (χ0n) is 12.3. The van der Waals surface area contributed by atoms with Crippen LogP contribution in [0, 0.1) is 6.92 Å². The molecule has 0 bridgehead atoms. The first-order valence-corrected chi connectivity index (χ1v) is 7.53. The van der Waals surface area contributed by atoms with Gasteiger partial charge in [0.2, 0.25) is 0 Å². The smallest absolute Gasteiger partial charge is 0.0485 e. The first-order chi connectivity index (χ1) is 9.79. The van der Waals surface area contributed by atoms with Crippen molar-refractivity contribution < 1.29 is 0 Å². The van der Waals surface area contributed by atoms with Crippen molar-refractivity contribution in [2.45, 2.75) is 38.6 Å². The van der Waals surface area contributed by atoms with Crippen LogP contribution in [0.1, 0.15) is 47.7 Å². The molecule has 1 heterocycles. The molecule has 2 unspecified atom stereocenters. The van der Waals surface area contributed by atoms with Gasteiger partial charge in [0.15, 0.2) is 0 Å². The number of likely N-dealkylation sites (N-methyl/N-ethyl adjacent to an activating group) is 1. The van der Waals surface area contributed by atoms with Gasteiger partial charge in [0.05, 0.1) is 0 Å². The standard InChI is InChI=1S/C18H22N2/c1-3-19-18(15-7-4-6-13(2)12-15)16-10-9-14-8-5-11-20-17(14)16/h4-8,11-12,16,18-19H,3,9-10H2,1-2H3. The van der Waals surface area contributed by atoms with Crippen molar-refractivity contribution in [3.05, 3.63) is 65.0 Å². The van der Waals surface area contributed by atoms with Gasteiger partial charge in [0, 0.05) is 23.9 Å². The molecule has 0 fully saturated rings. The van der Waals surface area contributed by atoms with E-state index in [-0.39, 0.29) is 0 Å². The van der Waals surface area contributed by atoms with Crippen LogP contribution in [-0.4, -0.2) is 11.5 Å². The van der Waals surface area contributed by atoms with Crippen molar-refractivity contribution in [3.63, 3.8) is 0 Å². The van der Waals surface area contributed by atoms with Gasteiger partial charge in [-0.3, -0.25) is 4.98 Å². The fourth-order valence-electron chi connectivity index (χ4n) is 3.34. The second-order valence-electron chi connectivity index (χ2n) is 5.64. The molecule has 1 aromatic carbocycles. The largest absolute Gasteiger partial charge is 0.310 e. The molecule has 3 rings (SSSR count). The molecule has 2 nitrogen and oxygen atoms in total. The van der Waals surface area contributed by atoms with Gasteiger partial charge in [-0.05, 0) is 43.5 Å². The average Bonchev–Trinajstić information content (AvgIpc) is 2.88. The van der Waals surface area contributed by atoms with Gasteiger partial charge in [-0.15, -0.1) is 0 Å². The number of aromatic nitrogens is 1. The highest BCUT2D eigenvalue weighted by Gasteiger charge is 2.31. The van der Waals surface area contributed by atoms with Crippen LogP contribution in [-0.2, 0) is 6.42 Å². The first kappa shape index (κ1) is 13.3. The first-order valence-electron chi connectivity index (χ1n) is 7.53. The van der Waals surface area contributed by atoms with Crippen LogP contribution >= 0.6 is 0 Å². The Labute approximate surface area is 121 Å². The van der Waals surface area contributed by atoms with Gasteiger partial charge in [-0.25, -0.2) is 0 Å². The summed E-state index contributed by atoms with van der Waals surface area (Å²) in [5, 5.41) is 3.67. The molecule has 0 spiro atoms. The summed E-state index contributed by atoms with van der Waals surface area (Å²) in [4.78, 5) is 4.65. The Morgan fingerprint density at radius 2 is 2.20 bits per heavy atom. The summed E-state index contributed by atoms with van der Waals surface area (Å²) >= 11 is 0. The molecule has 104 valence electrons. The van der Waals surface area contributed by atoms with Crippen LogP contribution in [0.4, 0.5) is 0 Å². The number of benzene rings is 1. The van der Waals surface area contributed by atoms with Crippen molar-refractivity contribution in [2.24, 2.45) is 0 Å². The van der Waals surface area contributed by atoms with E-state index in [0.29, 0.717) is 12.0 Å². The number of hydrogen-bond acceptors (Lipinski definition) is 2. The molecule has 0 saturated heterocycles. The summed E-state index contributed by atoms with van der Waals surface area (Å²) in [7, 11) is 0. The van der Waals surface area contributed by atoms with Crippen LogP contribution in [0.25, 0.3) is 0 Å². The van der Waals surface area contributed by atoms with Gasteiger partial charge in [-0.1, -0.05) is 42.8 Å². The minimum atomic E-state index is 0.371. The van der Waals surface area contributed by atoms with E-state index in [2.05, 4.69) is 60.5 Å². The minimum Gasteiger partial charge on any atom is -0.310 e. The Morgan fingerprint density at radius 3 is 3.00 bits per heavy atom. The van der Waals surface area contributed by atoms with Crippen LogP contribution in [0.5, 0.6) is 0 Å². The lowest BCUT2D eigenvalue weighted by molar-refractivity contribution is 0.447. The SMILES string of the molecule is CCNC(c1cccc(C)c1)C1CCc2cccnc21. The third-order valence-electron chi connectivity index (χ3n) is 4.23. The minimum absolute atomic E-state index is 0.371. The van der Waals surface area contributed by atoms with E-state index in [9.17, 15) is 0 Å². The highest BCUT2D eigenvalue weighted by molar-refractivity contribution is 5.34. The van der Waals surface area contributed by atoms with Gasteiger partial charge in [0.1, 0.15) is 0 Å². The molecular weight excluding hydrogens is 244 g/mol. The Hall–Kier alpha value is -1.67. The van der Waals surface area contributed by atoms with Crippen LogP contribution in [0.15, 0.2) is 42.6 Å². The number of fused-ring (bicyclic) bond motifs is 1. The zero-order valence-corrected chi connectivity index (χ0v) is 12.3. The molecular formula is C18H22N2. The van der Waals surface area contributed by atoms with E-state index in [0.717, 1.165) is 13.0 Å². The van der Waals surface area contributed by atoms with Gasteiger partial charge in [0.25, 0.3) is 0 Å². The second-order valence-corrected chi connectivity index (χ2v) is 5.64. The molecule has 2 heteroatoms. The predicted molar refractivity (Wildman–Crippen MR) is 82.9 cm³/mol. The number of nitrogens with zero attached hydrogens (tertiary/aromatic N) is 1. The molecule has 1 N–H and O–H groups in total. The van der Waals surface area contributed by atoms with E-state index < -0.39 is 0 Å². The molecule has 1 aromatic heterocycles. The van der Waals surface area contributed by atoms with Crippen molar-refractivity contribution in [2.75, 3.05) is 6.54 Å². The molecule has 0 saturated carbocycles. The molecule has 0 radical (unpaired) electrons. The van der Waals surface area contributed by atoms with Crippen molar-refractivity contribution in [1.29, 1.82) is 0 Å². The molecule has 0 amide bonds. The molecule has 2 atom stereocenters. The molecule has 0 aliphatic heterocycles. The Kier molecular flexibility index (Phi) is 3.83. The summed E-state index contributed by atoms with van der Waals surface area (Å²) in [6.07, 6.45) is 4.27. The summed E-state index contributed by atoms with van der Waals surface area (Å²) < 4.78 is 0.